The van der Waals surface area contributed by atoms with Gasteiger partial charge in [0.2, 0.25) is 10.0 Å². The van der Waals surface area contributed by atoms with E-state index in [-0.39, 0.29) is 11.4 Å². The summed E-state index contributed by atoms with van der Waals surface area (Å²) in [7, 11) is -3.28. The molecule has 0 unspecified atom stereocenters. The maximum Gasteiger partial charge on any atom is 0.214 e. The predicted octanol–water partition coefficient (Wildman–Crippen LogP) is 3.83. The fourth-order valence-corrected chi connectivity index (χ4v) is 5.81. The molecule has 1 fully saturated rings. The highest BCUT2D eigenvalue weighted by Gasteiger charge is 2.32. The molecule has 0 spiro atoms. The lowest BCUT2D eigenvalue weighted by Gasteiger charge is -2.33. The van der Waals surface area contributed by atoms with Crippen LogP contribution in [-0.4, -0.2) is 68.3 Å². The molecule has 2 aromatic carbocycles. The van der Waals surface area contributed by atoms with Crippen LogP contribution in [0, 0.1) is 0 Å². The van der Waals surface area contributed by atoms with Gasteiger partial charge >= 0.3 is 0 Å². The molecule has 178 valence electrons. The minimum Gasteiger partial charge on any atom is -0.490 e. The first-order valence-corrected chi connectivity index (χ1v) is 13.3. The Morgan fingerprint density at radius 1 is 1.03 bits per heavy atom. The predicted molar refractivity (Wildman–Crippen MR) is 132 cm³/mol. The molecule has 0 aromatic heterocycles. The Morgan fingerprint density at radius 3 is 2.55 bits per heavy atom. The number of benzene rings is 2. The van der Waals surface area contributed by atoms with E-state index >= 15 is 0 Å². The maximum atomic E-state index is 12.8. The Balaban J connectivity index is 1.19. The summed E-state index contributed by atoms with van der Waals surface area (Å²) in [5.74, 6) is 1.60. The van der Waals surface area contributed by atoms with Crippen molar-refractivity contribution in [2.75, 3.05) is 45.1 Å². The van der Waals surface area contributed by atoms with Crippen LogP contribution < -0.4 is 9.47 Å². The van der Waals surface area contributed by atoms with Gasteiger partial charge in [-0.3, -0.25) is 4.90 Å². The number of fused-ring (bicyclic) bond motifs is 1. The molecule has 2 heterocycles. The number of piperazine rings is 1. The SMILES string of the molecule is CC1(C)Cc2cccc(OCCCS(=O)(=O)N3CCN(C/C=C/c4ccccc4)CC3)c2O1. The van der Waals surface area contributed by atoms with E-state index in [0.29, 0.717) is 31.9 Å². The van der Waals surface area contributed by atoms with Gasteiger partial charge in [0.05, 0.1) is 12.4 Å². The van der Waals surface area contributed by atoms with E-state index in [4.69, 9.17) is 9.47 Å². The largest absolute Gasteiger partial charge is 0.490 e. The Morgan fingerprint density at radius 2 is 1.79 bits per heavy atom. The summed E-state index contributed by atoms with van der Waals surface area (Å²) >= 11 is 0. The van der Waals surface area contributed by atoms with Crippen molar-refractivity contribution in [2.24, 2.45) is 0 Å². The lowest BCUT2D eigenvalue weighted by Crippen LogP contribution is -2.49. The molecule has 7 heteroatoms. The normalized spacial score (nSPS) is 18.8. The van der Waals surface area contributed by atoms with Crippen molar-refractivity contribution in [1.82, 2.24) is 9.21 Å². The van der Waals surface area contributed by atoms with Gasteiger partial charge in [-0.15, -0.1) is 0 Å². The Labute approximate surface area is 197 Å². The van der Waals surface area contributed by atoms with E-state index in [9.17, 15) is 8.42 Å². The first-order valence-electron chi connectivity index (χ1n) is 11.7. The molecule has 2 aromatic rings. The van der Waals surface area contributed by atoms with Gasteiger partial charge in [0.15, 0.2) is 11.5 Å². The molecule has 0 atom stereocenters. The van der Waals surface area contributed by atoms with Gasteiger partial charge in [-0.05, 0) is 31.9 Å². The highest BCUT2D eigenvalue weighted by molar-refractivity contribution is 7.89. The molecule has 33 heavy (non-hydrogen) atoms. The summed E-state index contributed by atoms with van der Waals surface area (Å²) in [5.41, 5.74) is 2.09. The summed E-state index contributed by atoms with van der Waals surface area (Å²) in [6, 6.07) is 16.1. The molecule has 2 aliphatic heterocycles. The molecular weight excluding hydrogens is 436 g/mol. The third kappa shape index (κ3) is 6.37. The second kappa shape index (κ2) is 10.3. The molecule has 6 nitrogen and oxygen atoms in total. The first kappa shape index (κ1) is 23.8. The minimum absolute atomic E-state index is 0.0995. The molecule has 2 aliphatic rings. The zero-order valence-corrected chi connectivity index (χ0v) is 20.4. The molecule has 0 N–H and O–H groups in total. The van der Waals surface area contributed by atoms with Gasteiger partial charge in [0, 0.05) is 44.7 Å². The zero-order chi connectivity index (χ0) is 23.3. The van der Waals surface area contributed by atoms with Crippen molar-refractivity contribution in [3.8, 4) is 11.5 Å². The van der Waals surface area contributed by atoms with Crippen LogP contribution in [0.5, 0.6) is 11.5 Å². The number of hydrogen-bond donors (Lipinski definition) is 0. The van der Waals surface area contributed by atoms with Crippen molar-refractivity contribution in [3.63, 3.8) is 0 Å². The van der Waals surface area contributed by atoms with Crippen molar-refractivity contribution >= 4 is 16.1 Å². The average molecular weight is 471 g/mol. The maximum absolute atomic E-state index is 12.8. The fourth-order valence-electron chi connectivity index (χ4n) is 4.35. The smallest absolute Gasteiger partial charge is 0.214 e. The van der Waals surface area contributed by atoms with E-state index in [1.807, 2.05) is 30.3 Å². The lowest BCUT2D eigenvalue weighted by atomic mass is 10.0. The molecule has 0 amide bonds. The highest BCUT2D eigenvalue weighted by atomic mass is 32.2. The van der Waals surface area contributed by atoms with Crippen LogP contribution >= 0.6 is 0 Å². The van der Waals surface area contributed by atoms with Gasteiger partial charge in [-0.2, -0.15) is 4.31 Å². The number of sulfonamides is 1. The van der Waals surface area contributed by atoms with Crippen LogP contribution in [0.15, 0.2) is 54.6 Å². The summed E-state index contributed by atoms with van der Waals surface area (Å²) < 4.78 is 39.1. The van der Waals surface area contributed by atoms with Crippen LogP contribution in [0.25, 0.3) is 6.08 Å². The highest BCUT2D eigenvalue weighted by Crippen LogP contribution is 2.41. The molecule has 0 saturated carbocycles. The van der Waals surface area contributed by atoms with Crippen LogP contribution in [0.4, 0.5) is 0 Å². The molecule has 0 bridgehead atoms. The Kier molecular flexibility index (Phi) is 7.41. The van der Waals surface area contributed by atoms with E-state index in [1.165, 1.54) is 5.56 Å². The molecule has 4 rings (SSSR count). The second-order valence-electron chi connectivity index (χ2n) is 9.31. The number of nitrogens with zero attached hydrogens (tertiary/aromatic N) is 2. The summed E-state index contributed by atoms with van der Waals surface area (Å²) in [4.78, 5) is 2.28. The van der Waals surface area contributed by atoms with E-state index in [1.54, 1.807) is 4.31 Å². The zero-order valence-electron chi connectivity index (χ0n) is 19.6. The van der Waals surface area contributed by atoms with Crippen molar-refractivity contribution in [1.29, 1.82) is 0 Å². The molecule has 0 aliphatic carbocycles. The number of hydrogen-bond acceptors (Lipinski definition) is 5. The van der Waals surface area contributed by atoms with Crippen LogP contribution in [-0.2, 0) is 16.4 Å². The van der Waals surface area contributed by atoms with E-state index in [2.05, 4.69) is 49.1 Å². The van der Waals surface area contributed by atoms with Gasteiger partial charge in [0.25, 0.3) is 0 Å². The number of ether oxygens (including phenoxy) is 2. The monoisotopic (exact) mass is 470 g/mol. The standard InChI is InChI=1S/C26H34N2O4S/c1-26(2)21-23-12-6-13-24(25(23)32-26)31-19-8-20-33(29,30)28-17-15-27(16-18-28)14-7-11-22-9-4-3-5-10-22/h3-7,9-13H,8,14-21H2,1-2H3/b11-7+. The molecule has 0 radical (unpaired) electrons. The quantitative estimate of drug-likeness (QED) is 0.522. The summed E-state index contributed by atoms with van der Waals surface area (Å²) in [5, 5.41) is 0. The topological polar surface area (TPSA) is 59.1 Å². The fraction of sp³-hybridized carbons (Fsp3) is 0.462. The van der Waals surface area contributed by atoms with Crippen molar-refractivity contribution < 1.29 is 17.9 Å². The van der Waals surface area contributed by atoms with Gasteiger partial charge in [-0.25, -0.2) is 8.42 Å². The van der Waals surface area contributed by atoms with Crippen molar-refractivity contribution in [3.05, 3.63) is 65.7 Å². The van der Waals surface area contributed by atoms with Crippen LogP contribution in [0.1, 0.15) is 31.4 Å². The van der Waals surface area contributed by atoms with E-state index in [0.717, 1.165) is 37.4 Å². The third-order valence-corrected chi connectivity index (χ3v) is 8.01. The van der Waals surface area contributed by atoms with Crippen LogP contribution in [0.3, 0.4) is 0 Å². The Hall–Kier alpha value is -2.35. The van der Waals surface area contributed by atoms with Crippen LogP contribution in [0.2, 0.25) is 0 Å². The number of para-hydroxylation sites is 1. The third-order valence-electron chi connectivity index (χ3n) is 6.06. The first-order chi connectivity index (χ1) is 15.8. The molecule has 1 saturated heterocycles. The lowest BCUT2D eigenvalue weighted by molar-refractivity contribution is 0.132. The van der Waals surface area contributed by atoms with Gasteiger partial charge < -0.3 is 9.47 Å². The van der Waals surface area contributed by atoms with Crippen molar-refractivity contribution in [2.45, 2.75) is 32.3 Å². The van der Waals surface area contributed by atoms with Gasteiger partial charge in [0.1, 0.15) is 5.60 Å². The minimum atomic E-state index is -3.28. The Bertz CT molecular complexity index is 1060. The van der Waals surface area contributed by atoms with Gasteiger partial charge in [-0.1, -0.05) is 54.6 Å². The van der Waals surface area contributed by atoms with E-state index < -0.39 is 10.0 Å². The average Bonchev–Trinajstić information content (AvgIpc) is 3.12. The summed E-state index contributed by atoms with van der Waals surface area (Å²) in [6.07, 6.45) is 5.55. The number of rotatable bonds is 9. The second-order valence-corrected chi connectivity index (χ2v) is 11.4. The summed E-state index contributed by atoms with van der Waals surface area (Å²) in [6.45, 7) is 7.87. The molecular formula is C26H34N2O4S.